The molecular formula is C57H112N2O6P+. The van der Waals surface area contributed by atoms with Crippen molar-refractivity contribution in [1.29, 1.82) is 0 Å². The zero-order chi connectivity index (χ0) is 48.5. The lowest BCUT2D eigenvalue weighted by molar-refractivity contribution is -0.870. The van der Waals surface area contributed by atoms with Crippen molar-refractivity contribution in [1.82, 2.24) is 5.32 Å². The van der Waals surface area contributed by atoms with Gasteiger partial charge in [-0.1, -0.05) is 256 Å². The zero-order valence-corrected chi connectivity index (χ0v) is 45.3. The minimum Gasteiger partial charge on any atom is -0.387 e. The Hall–Kier alpha value is -1.28. The Bertz CT molecular complexity index is 1170. The van der Waals surface area contributed by atoms with Crippen molar-refractivity contribution >= 4 is 13.7 Å². The summed E-state index contributed by atoms with van der Waals surface area (Å²) in [6, 6.07) is -0.867. The number of phosphoric acid groups is 1. The van der Waals surface area contributed by atoms with E-state index in [9.17, 15) is 19.4 Å². The van der Waals surface area contributed by atoms with Crippen LogP contribution in [0, 0.1) is 0 Å². The molecule has 3 unspecified atom stereocenters. The third-order valence-corrected chi connectivity index (χ3v) is 13.8. The van der Waals surface area contributed by atoms with Crippen LogP contribution < -0.4 is 5.32 Å². The first-order valence-corrected chi connectivity index (χ1v) is 29.9. The van der Waals surface area contributed by atoms with Crippen molar-refractivity contribution in [3.63, 3.8) is 0 Å². The first-order valence-electron chi connectivity index (χ1n) is 28.4. The SMILES string of the molecule is CCCCCCCCCCCCCCCCCCCCCCC/C=C/CC/C=C/CC/C=C/C(O)C(COP(=O)(O)OCC[N+](C)(C)C)NC(=O)CCCCCCCCCCCCCCC. The van der Waals surface area contributed by atoms with Crippen molar-refractivity contribution in [2.24, 2.45) is 0 Å². The Kier molecular flexibility index (Phi) is 47.8. The number of allylic oxidation sites excluding steroid dienone is 5. The fourth-order valence-electron chi connectivity index (χ4n) is 8.37. The van der Waals surface area contributed by atoms with Gasteiger partial charge in [0, 0.05) is 6.42 Å². The van der Waals surface area contributed by atoms with Crippen molar-refractivity contribution in [2.75, 3.05) is 40.9 Å². The van der Waals surface area contributed by atoms with Gasteiger partial charge in [0.15, 0.2) is 0 Å². The van der Waals surface area contributed by atoms with Crippen LogP contribution in [-0.4, -0.2) is 73.4 Å². The molecule has 0 fully saturated rings. The van der Waals surface area contributed by atoms with Gasteiger partial charge < -0.3 is 19.8 Å². The predicted molar refractivity (Wildman–Crippen MR) is 286 cm³/mol. The second-order valence-electron chi connectivity index (χ2n) is 20.7. The number of quaternary nitrogens is 1. The summed E-state index contributed by atoms with van der Waals surface area (Å²) in [7, 11) is 1.55. The summed E-state index contributed by atoms with van der Waals surface area (Å²) in [5.74, 6) is -0.189. The molecule has 3 N–H and O–H groups in total. The van der Waals surface area contributed by atoms with Crippen LogP contribution >= 0.6 is 7.82 Å². The largest absolute Gasteiger partial charge is 0.472 e. The second-order valence-corrected chi connectivity index (χ2v) is 22.1. The fourth-order valence-corrected chi connectivity index (χ4v) is 9.11. The van der Waals surface area contributed by atoms with Crippen molar-refractivity contribution in [3.8, 4) is 0 Å². The maximum absolute atomic E-state index is 12.9. The van der Waals surface area contributed by atoms with Gasteiger partial charge in [0.25, 0.3) is 0 Å². The van der Waals surface area contributed by atoms with Crippen LogP contribution in [-0.2, 0) is 18.4 Å². The Morgan fingerprint density at radius 3 is 1.21 bits per heavy atom. The Balaban J connectivity index is 4.17. The lowest BCUT2D eigenvalue weighted by Crippen LogP contribution is -2.45. The minimum absolute atomic E-state index is 0.0549. The molecule has 0 spiro atoms. The first-order chi connectivity index (χ1) is 32.0. The average molecular weight is 953 g/mol. The third-order valence-electron chi connectivity index (χ3n) is 12.8. The monoisotopic (exact) mass is 952 g/mol. The molecule has 390 valence electrons. The molecular weight excluding hydrogens is 840 g/mol. The molecule has 0 saturated carbocycles. The molecule has 3 atom stereocenters. The van der Waals surface area contributed by atoms with E-state index in [1.807, 2.05) is 27.2 Å². The molecule has 0 aromatic carbocycles. The number of nitrogens with one attached hydrogen (secondary N) is 1. The van der Waals surface area contributed by atoms with Gasteiger partial charge in [-0.2, -0.15) is 0 Å². The maximum Gasteiger partial charge on any atom is 0.472 e. The van der Waals surface area contributed by atoms with E-state index >= 15 is 0 Å². The van der Waals surface area contributed by atoms with Crippen LogP contribution in [0.25, 0.3) is 0 Å². The number of nitrogens with zero attached hydrogens (tertiary/aromatic N) is 1. The van der Waals surface area contributed by atoms with Crippen molar-refractivity contribution in [3.05, 3.63) is 36.5 Å². The molecule has 8 nitrogen and oxygen atoms in total. The van der Waals surface area contributed by atoms with E-state index in [0.717, 1.165) is 44.9 Å². The maximum atomic E-state index is 12.9. The summed E-state index contributed by atoms with van der Waals surface area (Å²) in [5, 5.41) is 13.9. The van der Waals surface area contributed by atoms with Gasteiger partial charge in [0.05, 0.1) is 39.9 Å². The smallest absolute Gasteiger partial charge is 0.387 e. The first kappa shape index (κ1) is 64.7. The number of likely N-dealkylation sites (N-methyl/N-ethyl adjacent to an activating group) is 1. The summed E-state index contributed by atoms with van der Waals surface area (Å²) in [6.07, 6.45) is 62.7. The van der Waals surface area contributed by atoms with E-state index in [0.29, 0.717) is 17.4 Å². The Morgan fingerprint density at radius 2 is 0.833 bits per heavy atom. The molecule has 0 aromatic heterocycles. The van der Waals surface area contributed by atoms with Gasteiger partial charge in [-0.25, -0.2) is 4.57 Å². The van der Waals surface area contributed by atoms with Crippen LogP contribution in [0.1, 0.15) is 271 Å². The molecule has 0 aromatic rings. The molecule has 0 aliphatic rings. The van der Waals surface area contributed by atoms with E-state index in [-0.39, 0.29) is 19.1 Å². The standard InChI is InChI=1S/C57H111N2O6P/c1-6-8-10-12-14-16-18-20-21-22-23-24-25-26-27-28-29-30-31-32-33-34-35-36-37-39-40-42-44-46-48-50-56(60)55(54-65-66(62,63)64-53-52-59(3,4)5)58-57(61)51-49-47-45-43-41-38-19-17-15-13-11-9-7-2/h35-36,40,42,48,50,55-56,60H,6-34,37-39,41,43-47,49,51-54H2,1-5H3,(H-,58,61,62,63)/p+1/b36-35+,42-40+,50-48+. The van der Waals surface area contributed by atoms with Crippen molar-refractivity contribution in [2.45, 2.75) is 283 Å². The molecule has 0 rings (SSSR count). The average Bonchev–Trinajstić information content (AvgIpc) is 3.28. The van der Waals surface area contributed by atoms with Gasteiger partial charge >= 0.3 is 7.82 Å². The highest BCUT2D eigenvalue weighted by molar-refractivity contribution is 7.47. The molecule has 0 radical (unpaired) electrons. The van der Waals surface area contributed by atoms with Crippen LogP contribution in [0.4, 0.5) is 0 Å². The highest BCUT2D eigenvalue weighted by Gasteiger charge is 2.27. The summed E-state index contributed by atoms with van der Waals surface area (Å²) >= 11 is 0. The van der Waals surface area contributed by atoms with Gasteiger partial charge in [-0.3, -0.25) is 13.8 Å². The molecule has 0 heterocycles. The summed E-state index contributed by atoms with van der Waals surface area (Å²) in [6.45, 7) is 4.81. The number of hydrogen-bond acceptors (Lipinski definition) is 5. The quantitative estimate of drug-likeness (QED) is 0.0243. The highest BCUT2D eigenvalue weighted by atomic mass is 31.2. The molecule has 0 aliphatic carbocycles. The number of rotatable bonds is 52. The number of carbonyl (C=O) groups is 1. The minimum atomic E-state index is -4.35. The lowest BCUT2D eigenvalue weighted by atomic mass is 10.0. The second kappa shape index (κ2) is 48.7. The summed E-state index contributed by atoms with van der Waals surface area (Å²) in [5.41, 5.74) is 0. The van der Waals surface area contributed by atoms with E-state index < -0.39 is 20.0 Å². The van der Waals surface area contributed by atoms with Crippen LogP contribution in [0.5, 0.6) is 0 Å². The molecule has 0 bridgehead atoms. The predicted octanol–water partition coefficient (Wildman–Crippen LogP) is 17.0. The molecule has 1 amide bonds. The summed E-state index contributed by atoms with van der Waals surface area (Å²) < 4.78 is 23.6. The zero-order valence-electron chi connectivity index (χ0n) is 44.4. The van der Waals surface area contributed by atoms with Crippen molar-refractivity contribution < 1.29 is 32.9 Å². The third kappa shape index (κ3) is 50.6. The number of hydrogen-bond donors (Lipinski definition) is 3. The van der Waals surface area contributed by atoms with Gasteiger partial charge in [0.1, 0.15) is 13.2 Å². The topological polar surface area (TPSA) is 105 Å². The summed E-state index contributed by atoms with van der Waals surface area (Å²) in [4.78, 5) is 23.2. The van der Waals surface area contributed by atoms with Gasteiger partial charge in [-0.15, -0.1) is 0 Å². The lowest BCUT2D eigenvalue weighted by Gasteiger charge is -2.25. The van der Waals surface area contributed by atoms with E-state index in [2.05, 4.69) is 43.5 Å². The molecule has 9 heteroatoms. The normalized spacial score (nSPS) is 14.2. The number of aliphatic hydroxyl groups excluding tert-OH is 1. The number of carbonyl (C=O) groups excluding carboxylic acids is 1. The van der Waals surface area contributed by atoms with Gasteiger partial charge in [0.2, 0.25) is 5.91 Å². The van der Waals surface area contributed by atoms with E-state index in [4.69, 9.17) is 9.05 Å². The van der Waals surface area contributed by atoms with E-state index in [1.54, 1.807) is 6.08 Å². The van der Waals surface area contributed by atoms with Gasteiger partial charge in [-0.05, 0) is 44.9 Å². The van der Waals surface area contributed by atoms with Crippen LogP contribution in [0.2, 0.25) is 0 Å². The number of amides is 1. The Morgan fingerprint density at radius 1 is 0.500 bits per heavy atom. The number of unbranched alkanes of at least 4 members (excludes halogenated alkanes) is 35. The van der Waals surface area contributed by atoms with Crippen LogP contribution in [0.15, 0.2) is 36.5 Å². The molecule has 0 aliphatic heterocycles. The van der Waals surface area contributed by atoms with E-state index in [1.165, 1.54) is 205 Å². The molecule has 0 saturated heterocycles. The molecule has 66 heavy (non-hydrogen) atoms. The highest BCUT2D eigenvalue weighted by Crippen LogP contribution is 2.43. The number of phosphoric ester groups is 1. The fraction of sp³-hybridized carbons (Fsp3) is 0.877. The Labute approximate surface area is 410 Å². The van der Waals surface area contributed by atoms with Crippen LogP contribution in [0.3, 0.4) is 0 Å². The number of aliphatic hydroxyl groups is 1.